The first-order chi connectivity index (χ1) is 13.7. The molecule has 0 bridgehead atoms. The molecular weight excluding hydrogens is 392 g/mol. The lowest BCUT2D eigenvalue weighted by Gasteiger charge is -2.26. The molecule has 6 nitrogen and oxygen atoms in total. The summed E-state index contributed by atoms with van der Waals surface area (Å²) in [5.74, 6) is 2.08. The predicted octanol–water partition coefficient (Wildman–Crippen LogP) is 3.72. The molecule has 0 unspecified atom stereocenters. The Kier molecular flexibility index (Phi) is 8.83. The van der Waals surface area contributed by atoms with E-state index in [2.05, 4.69) is 6.58 Å². The van der Waals surface area contributed by atoms with Gasteiger partial charge in [0.1, 0.15) is 25.6 Å². The highest BCUT2D eigenvalue weighted by Crippen LogP contribution is 2.35. The average Bonchev–Trinajstić information content (AvgIpc) is 2.74. The van der Waals surface area contributed by atoms with Crippen LogP contribution in [0.3, 0.4) is 0 Å². The number of fused-ring (bicyclic) bond motifs is 1. The maximum Gasteiger partial charge on any atom is 0.227 e. The highest BCUT2D eigenvalue weighted by atomic mass is 35.5. The van der Waals surface area contributed by atoms with Crippen LogP contribution < -0.4 is 24.8 Å². The first kappa shape index (κ1) is 22.6. The van der Waals surface area contributed by atoms with Crippen LogP contribution in [-0.2, 0) is 11.3 Å². The van der Waals surface area contributed by atoms with E-state index >= 15 is 0 Å². The number of anilines is 1. The molecule has 3 rings (SSSR count). The zero-order valence-electron chi connectivity index (χ0n) is 16.3. The van der Waals surface area contributed by atoms with Crippen LogP contribution in [-0.4, -0.2) is 32.3 Å². The average molecular weight is 419 g/mol. The van der Waals surface area contributed by atoms with Crippen LogP contribution in [0.2, 0.25) is 0 Å². The lowest BCUT2D eigenvalue weighted by molar-refractivity contribution is -0.118. The second kappa shape index (κ2) is 11.3. The van der Waals surface area contributed by atoms with Crippen molar-refractivity contribution in [1.29, 1.82) is 0 Å². The first-order valence-corrected chi connectivity index (χ1v) is 9.44. The summed E-state index contributed by atoms with van der Waals surface area (Å²) < 4.78 is 17.0. The van der Waals surface area contributed by atoms with Crippen LogP contribution in [0.1, 0.15) is 18.4 Å². The lowest BCUT2D eigenvalue weighted by Crippen LogP contribution is -2.31. The maximum absolute atomic E-state index is 12.9. The van der Waals surface area contributed by atoms with Crippen LogP contribution >= 0.6 is 12.4 Å². The van der Waals surface area contributed by atoms with Crippen molar-refractivity contribution >= 4 is 24.0 Å². The Bertz CT molecular complexity index is 828. The van der Waals surface area contributed by atoms with E-state index < -0.39 is 0 Å². The number of carbonyl (C=O) groups excluding carboxylic acids is 1. The van der Waals surface area contributed by atoms with Gasteiger partial charge >= 0.3 is 0 Å². The van der Waals surface area contributed by atoms with Crippen LogP contribution in [0.4, 0.5) is 5.69 Å². The third-order valence-electron chi connectivity index (χ3n) is 4.39. The summed E-state index contributed by atoms with van der Waals surface area (Å²) in [6.07, 6.45) is 2.71. The number of hydrogen-bond donors (Lipinski definition) is 1. The number of nitrogens with two attached hydrogens (primary N) is 1. The molecule has 0 fully saturated rings. The Hall–Kier alpha value is -2.70. The van der Waals surface area contributed by atoms with Crippen molar-refractivity contribution < 1.29 is 19.0 Å². The number of ether oxygens (including phenoxy) is 3. The van der Waals surface area contributed by atoms with E-state index in [1.54, 1.807) is 11.0 Å². The molecular formula is C22H27ClN2O4. The molecule has 0 aromatic heterocycles. The number of nitrogens with zero attached hydrogens (tertiary/aromatic N) is 1. The monoisotopic (exact) mass is 418 g/mol. The van der Waals surface area contributed by atoms with E-state index in [9.17, 15) is 4.79 Å². The summed E-state index contributed by atoms with van der Waals surface area (Å²) >= 11 is 0. The molecule has 2 aromatic carbocycles. The summed E-state index contributed by atoms with van der Waals surface area (Å²) in [6.45, 7) is 5.98. The Labute approximate surface area is 177 Å². The first-order valence-electron chi connectivity index (χ1n) is 9.44. The van der Waals surface area contributed by atoms with Gasteiger partial charge in [-0.15, -0.1) is 12.4 Å². The number of carbonyl (C=O) groups is 1. The van der Waals surface area contributed by atoms with Gasteiger partial charge in [0.05, 0.1) is 6.54 Å². The number of rotatable bonds is 9. The van der Waals surface area contributed by atoms with Gasteiger partial charge in [-0.3, -0.25) is 4.79 Å². The largest absolute Gasteiger partial charge is 0.489 e. The fourth-order valence-electron chi connectivity index (χ4n) is 3.01. The molecule has 2 aromatic rings. The SMILES string of the molecule is C=CCOc1ccccc1CN(C(=O)CCCN)c1ccc2c(c1)OCCO2.Cl. The number of halogens is 1. The van der Waals surface area contributed by atoms with Crippen molar-refractivity contribution in [1.82, 2.24) is 0 Å². The van der Waals surface area contributed by atoms with Crippen LogP contribution in [0.15, 0.2) is 55.1 Å². The van der Waals surface area contributed by atoms with E-state index in [0.29, 0.717) is 57.3 Å². The molecule has 0 saturated heterocycles. The molecule has 0 radical (unpaired) electrons. The van der Waals surface area contributed by atoms with Gasteiger partial charge in [-0.2, -0.15) is 0 Å². The molecule has 2 N–H and O–H groups in total. The number of hydrogen-bond acceptors (Lipinski definition) is 5. The second-order valence-corrected chi connectivity index (χ2v) is 6.41. The fourth-order valence-corrected chi connectivity index (χ4v) is 3.01. The van der Waals surface area contributed by atoms with Gasteiger partial charge in [0.2, 0.25) is 5.91 Å². The molecule has 29 heavy (non-hydrogen) atoms. The Balaban J connectivity index is 0.00000300. The normalized spacial score (nSPS) is 11.9. The molecule has 0 atom stereocenters. The van der Waals surface area contributed by atoms with Crippen LogP contribution in [0.25, 0.3) is 0 Å². The van der Waals surface area contributed by atoms with Gasteiger partial charge in [0, 0.05) is 23.7 Å². The van der Waals surface area contributed by atoms with Gasteiger partial charge in [0.25, 0.3) is 0 Å². The standard InChI is InChI=1S/C22H26N2O4.ClH/c1-2-12-26-19-7-4-3-6-17(19)16-24(22(25)8-5-11-23)18-9-10-20-21(15-18)28-14-13-27-20;/h2-4,6-7,9-10,15H,1,5,8,11-14,16,23H2;1H. The van der Waals surface area contributed by atoms with Gasteiger partial charge in [-0.1, -0.05) is 30.9 Å². The van der Waals surface area contributed by atoms with E-state index in [4.69, 9.17) is 19.9 Å². The summed E-state index contributed by atoms with van der Waals surface area (Å²) in [6, 6.07) is 13.3. The third-order valence-corrected chi connectivity index (χ3v) is 4.39. The Morgan fingerprint density at radius 3 is 2.69 bits per heavy atom. The van der Waals surface area contributed by atoms with Crippen LogP contribution in [0.5, 0.6) is 17.2 Å². The molecule has 156 valence electrons. The van der Waals surface area contributed by atoms with E-state index in [0.717, 1.165) is 17.0 Å². The highest BCUT2D eigenvalue weighted by molar-refractivity contribution is 5.93. The third kappa shape index (κ3) is 5.89. The van der Waals surface area contributed by atoms with Gasteiger partial charge in [-0.25, -0.2) is 0 Å². The Morgan fingerprint density at radius 1 is 1.17 bits per heavy atom. The zero-order chi connectivity index (χ0) is 19.8. The number of amides is 1. The molecule has 1 aliphatic rings. The summed E-state index contributed by atoms with van der Waals surface area (Å²) in [4.78, 5) is 14.7. The fraction of sp³-hybridized carbons (Fsp3) is 0.318. The van der Waals surface area contributed by atoms with Crippen molar-refractivity contribution in [3.63, 3.8) is 0 Å². The number of benzene rings is 2. The van der Waals surface area contributed by atoms with Crippen molar-refractivity contribution in [2.75, 3.05) is 31.3 Å². The molecule has 0 spiro atoms. The topological polar surface area (TPSA) is 74.0 Å². The maximum atomic E-state index is 12.9. The van der Waals surface area contributed by atoms with E-state index in [1.807, 2.05) is 42.5 Å². The molecule has 1 aliphatic heterocycles. The molecule has 1 heterocycles. The van der Waals surface area contributed by atoms with Gasteiger partial charge < -0.3 is 24.8 Å². The van der Waals surface area contributed by atoms with Crippen molar-refractivity contribution in [3.8, 4) is 17.2 Å². The van der Waals surface area contributed by atoms with E-state index in [1.165, 1.54) is 0 Å². The van der Waals surface area contributed by atoms with Crippen molar-refractivity contribution in [3.05, 3.63) is 60.7 Å². The number of para-hydroxylation sites is 1. The van der Waals surface area contributed by atoms with Crippen LogP contribution in [0, 0.1) is 0 Å². The molecule has 0 aliphatic carbocycles. The van der Waals surface area contributed by atoms with Gasteiger partial charge in [-0.05, 0) is 31.2 Å². The minimum absolute atomic E-state index is 0. The summed E-state index contributed by atoms with van der Waals surface area (Å²) in [5, 5.41) is 0. The van der Waals surface area contributed by atoms with E-state index in [-0.39, 0.29) is 18.3 Å². The minimum Gasteiger partial charge on any atom is -0.489 e. The Morgan fingerprint density at radius 2 is 1.93 bits per heavy atom. The quantitative estimate of drug-likeness (QED) is 0.628. The zero-order valence-corrected chi connectivity index (χ0v) is 17.2. The van der Waals surface area contributed by atoms with Crippen molar-refractivity contribution in [2.45, 2.75) is 19.4 Å². The lowest BCUT2D eigenvalue weighted by atomic mass is 10.1. The predicted molar refractivity (Wildman–Crippen MR) is 116 cm³/mol. The second-order valence-electron chi connectivity index (χ2n) is 6.41. The molecule has 7 heteroatoms. The molecule has 1 amide bonds. The highest BCUT2D eigenvalue weighted by Gasteiger charge is 2.21. The smallest absolute Gasteiger partial charge is 0.227 e. The molecule has 0 saturated carbocycles. The van der Waals surface area contributed by atoms with Crippen molar-refractivity contribution in [2.24, 2.45) is 5.73 Å². The minimum atomic E-state index is 0. The summed E-state index contributed by atoms with van der Waals surface area (Å²) in [5.41, 5.74) is 7.27. The van der Waals surface area contributed by atoms with Gasteiger partial charge in [0.15, 0.2) is 11.5 Å². The summed E-state index contributed by atoms with van der Waals surface area (Å²) in [7, 11) is 0.